The molecule has 0 aliphatic rings. The van der Waals surface area contributed by atoms with E-state index >= 15 is 0 Å². The maximum absolute atomic E-state index is 8.80. The molecule has 6 heavy (non-hydrogen) atoms. The first-order valence-corrected chi connectivity index (χ1v) is 2.34. The first-order chi connectivity index (χ1) is 3.12. The van der Waals surface area contributed by atoms with Crippen molar-refractivity contribution >= 4 is 0 Å². The largest absolute Gasteiger partial charge is 0.393 e. The summed E-state index contributed by atoms with van der Waals surface area (Å²) in [5.41, 5.74) is 0. The maximum atomic E-state index is 8.80. The Balaban J connectivity index is 3.36. The summed E-state index contributed by atoms with van der Waals surface area (Å²) in [5, 5.41) is 8.80. The van der Waals surface area contributed by atoms with Crippen LogP contribution in [0.5, 0.6) is 0 Å². The number of hydrogen-bond acceptors (Lipinski definition) is 1. The molecule has 0 saturated heterocycles. The van der Waals surface area contributed by atoms with Gasteiger partial charge >= 0.3 is 0 Å². The average molecular weight is 89.2 g/mol. The minimum Gasteiger partial charge on any atom is -0.393 e. The van der Waals surface area contributed by atoms with Gasteiger partial charge in [0.05, 0.1) is 7.45 Å². The summed E-state index contributed by atoms with van der Waals surface area (Å²) in [6.45, 7) is 3.60. The first kappa shape index (κ1) is 4.13. The minimum atomic E-state index is -1.17. The van der Waals surface area contributed by atoms with Gasteiger partial charge in [-0.15, -0.1) is 0 Å². The fraction of sp³-hybridized carbons (Fsp3) is 1.00. The lowest BCUT2D eigenvalue weighted by atomic mass is 10.2. The smallest absolute Gasteiger partial charge is 0.0600 e. The third-order valence-corrected chi connectivity index (χ3v) is 0.816. The Morgan fingerprint density at radius 1 is 1.67 bits per heavy atom. The molecule has 0 fully saturated rings. The summed E-state index contributed by atoms with van der Waals surface area (Å²) >= 11 is 0. The Morgan fingerprint density at radius 2 is 2.00 bits per heavy atom. The van der Waals surface area contributed by atoms with Gasteiger partial charge in [-0.2, -0.15) is 0 Å². The Hall–Kier alpha value is -0.0400. The van der Waals surface area contributed by atoms with Crippen molar-refractivity contribution in [3.63, 3.8) is 0 Å². The van der Waals surface area contributed by atoms with Crippen LogP contribution >= 0.6 is 0 Å². The molecule has 38 valence electrons. The Kier molecular flexibility index (Phi) is 2.18. The summed E-state index contributed by atoms with van der Waals surface area (Å²) in [5.74, 6) is 0. The highest BCUT2D eigenvalue weighted by Crippen LogP contribution is 1.91. The second-order valence-electron chi connectivity index (χ2n) is 1.27. The molecule has 0 amide bonds. The molecule has 0 unspecified atom stereocenters. The highest BCUT2D eigenvalue weighted by molar-refractivity contribution is 4.43. The van der Waals surface area contributed by atoms with E-state index in [1.54, 1.807) is 13.8 Å². The molecule has 0 aliphatic carbocycles. The first-order valence-electron chi connectivity index (χ1n) is 2.84. The second kappa shape index (κ2) is 3.16. The van der Waals surface area contributed by atoms with Gasteiger partial charge in [0.1, 0.15) is 0 Å². The predicted molar refractivity (Wildman–Crippen MR) is 26.6 cm³/mol. The number of rotatable bonds is 2. The van der Waals surface area contributed by atoms with Crippen molar-refractivity contribution in [2.45, 2.75) is 32.8 Å². The quantitative estimate of drug-likeness (QED) is 0.538. The van der Waals surface area contributed by atoms with Gasteiger partial charge in [-0.25, -0.2) is 0 Å². The van der Waals surface area contributed by atoms with Crippen molar-refractivity contribution in [1.82, 2.24) is 0 Å². The van der Waals surface area contributed by atoms with Gasteiger partial charge in [0.15, 0.2) is 0 Å². The van der Waals surface area contributed by atoms with Crippen molar-refractivity contribution in [2.75, 3.05) is 0 Å². The van der Waals surface area contributed by atoms with Gasteiger partial charge in [-0.3, -0.25) is 0 Å². The van der Waals surface area contributed by atoms with Crippen LogP contribution in [-0.4, -0.2) is 11.2 Å². The zero-order valence-corrected chi connectivity index (χ0v) is 4.36. The lowest BCUT2D eigenvalue weighted by Crippen LogP contribution is -1.99. The third kappa shape index (κ3) is 2.21. The van der Waals surface area contributed by atoms with E-state index in [-0.39, 0.29) is 0 Å². The molecule has 0 aliphatic heterocycles. The van der Waals surface area contributed by atoms with E-state index in [1.165, 1.54) is 0 Å². The van der Waals surface area contributed by atoms with E-state index in [4.69, 9.17) is 6.48 Å². The highest BCUT2D eigenvalue weighted by Gasteiger charge is 1.90. The fourth-order valence-corrected chi connectivity index (χ4v) is 0.250. The summed E-state index contributed by atoms with van der Waals surface area (Å²) in [4.78, 5) is 0. The van der Waals surface area contributed by atoms with Gasteiger partial charge in [0, 0.05) is 0 Å². The molecule has 1 nitrogen and oxygen atoms in total. The van der Waals surface area contributed by atoms with Crippen LogP contribution in [0.2, 0.25) is 0 Å². The summed E-state index contributed by atoms with van der Waals surface area (Å²) < 4.78 is 6.98. The highest BCUT2D eigenvalue weighted by atomic mass is 16.3. The predicted octanol–water partition coefficient (Wildman–Crippen LogP) is 1.17. The van der Waals surface area contributed by atoms with Crippen LogP contribution in [-0.2, 0) is 0 Å². The lowest BCUT2D eigenvalue weighted by molar-refractivity contribution is 0.166. The van der Waals surface area contributed by atoms with Crippen molar-refractivity contribution in [2.24, 2.45) is 0 Å². The van der Waals surface area contributed by atoms with Crippen LogP contribution in [0.4, 0.5) is 0 Å². The zero-order valence-electron chi connectivity index (χ0n) is 5.36. The molecule has 0 saturated carbocycles. The van der Waals surface area contributed by atoms with Crippen molar-refractivity contribution in [1.29, 1.82) is 0 Å². The molecule has 0 bridgehead atoms. The molecule has 0 aromatic carbocycles. The zero-order chi connectivity index (χ0) is 5.91. The molecule has 0 atom stereocenters. The molecule has 1 heteroatoms. The monoisotopic (exact) mass is 89.1 g/mol. The summed E-state index contributed by atoms with van der Waals surface area (Å²) in [6, 6.07) is 0. The summed E-state index contributed by atoms with van der Waals surface area (Å²) in [6.07, 6.45) is -0.132. The molecule has 1 N–H and O–H groups in total. The number of hydrogen-bond donors (Lipinski definition) is 1. The maximum Gasteiger partial charge on any atom is 0.0600 e. The van der Waals surface area contributed by atoms with Crippen LogP contribution in [0.25, 0.3) is 0 Å². The summed E-state index contributed by atoms with van der Waals surface area (Å²) in [7, 11) is 0. The van der Waals surface area contributed by atoms with Crippen LogP contribution < -0.4 is 0 Å². The lowest BCUT2D eigenvalue weighted by Gasteiger charge is -1.98. The molecule has 0 aromatic heterocycles. The van der Waals surface area contributed by atoms with E-state index in [0.29, 0.717) is 12.8 Å². The van der Waals surface area contributed by atoms with Gasteiger partial charge in [-0.1, -0.05) is 13.8 Å². The molecule has 0 radical (unpaired) electrons. The molecular weight excluding hydrogens is 76.1 g/mol. The van der Waals surface area contributed by atoms with E-state index in [9.17, 15) is 0 Å². The van der Waals surface area contributed by atoms with E-state index in [2.05, 4.69) is 0 Å². The third-order valence-electron chi connectivity index (χ3n) is 0.816. The Morgan fingerprint density at radius 3 is 2.00 bits per heavy atom. The molecule has 0 rings (SSSR count). The fourth-order valence-electron chi connectivity index (χ4n) is 0.250. The van der Waals surface area contributed by atoms with Gasteiger partial charge in [0.25, 0.3) is 0 Å². The normalized spacial score (nSPS) is 14.2. The second-order valence-corrected chi connectivity index (χ2v) is 1.27. The Bertz CT molecular complexity index is 46.0. The molecule has 0 aromatic rings. The topological polar surface area (TPSA) is 20.2 Å². The average Bonchev–Trinajstić information content (AvgIpc) is 1.68. The standard InChI is InChI=1S/C5H12O/c1-3-5(6)4-2/h5-6H,3-4H2,1-2H3/i5D. The van der Waals surface area contributed by atoms with E-state index < -0.39 is 6.08 Å². The van der Waals surface area contributed by atoms with Gasteiger partial charge in [0.2, 0.25) is 0 Å². The van der Waals surface area contributed by atoms with Gasteiger partial charge in [-0.05, 0) is 12.8 Å². The van der Waals surface area contributed by atoms with Crippen LogP contribution in [0, 0.1) is 0 Å². The number of aliphatic hydroxyl groups is 1. The molecule has 0 spiro atoms. The van der Waals surface area contributed by atoms with Crippen LogP contribution in [0.3, 0.4) is 0 Å². The molecular formula is C5H12O. The van der Waals surface area contributed by atoms with E-state index in [0.717, 1.165) is 0 Å². The van der Waals surface area contributed by atoms with E-state index in [1.807, 2.05) is 0 Å². The van der Waals surface area contributed by atoms with Crippen LogP contribution in [0.15, 0.2) is 0 Å². The SMILES string of the molecule is [2H]C(O)(CC)CC. The van der Waals surface area contributed by atoms with Crippen molar-refractivity contribution in [3.8, 4) is 0 Å². The van der Waals surface area contributed by atoms with Crippen LogP contribution in [0.1, 0.15) is 28.1 Å². The molecule has 0 heterocycles. The van der Waals surface area contributed by atoms with Crippen molar-refractivity contribution < 1.29 is 6.48 Å². The Labute approximate surface area is 40.4 Å². The minimum absolute atomic E-state index is 0.517. The van der Waals surface area contributed by atoms with Gasteiger partial charge < -0.3 is 5.11 Å². The van der Waals surface area contributed by atoms with Crippen molar-refractivity contribution in [3.05, 3.63) is 0 Å².